The maximum atomic E-state index is 12.4. The molecule has 1 N–H and O–H groups in total. The molecule has 2 aromatic rings. The Hall–Kier alpha value is -2.37. The molecule has 1 aliphatic rings. The second kappa shape index (κ2) is 7.68. The maximum absolute atomic E-state index is 12.4. The van der Waals surface area contributed by atoms with Crippen LogP contribution in [0.2, 0.25) is 5.02 Å². The summed E-state index contributed by atoms with van der Waals surface area (Å²) in [5.74, 6) is -0.187. The highest BCUT2D eigenvalue weighted by Gasteiger charge is 2.32. The van der Waals surface area contributed by atoms with Gasteiger partial charge in [-0.25, -0.2) is 0 Å². The lowest BCUT2D eigenvalue weighted by Crippen LogP contribution is -2.37. The van der Waals surface area contributed by atoms with Crippen molar-refractivity contribution in [1.82, 2.24) is 10.2 Å². The van der Waals surface area contributed by atoms with Crippen LogP contribution in [0.25, 0.3) is 0 Å². The average molecular weight is 358 g/mol. The number of rotatable bonds is 5. The Morgan fingerprint density at radius 2 is 1.92 bits per heavy atom. The van der Waals surface area contributed by atoms with Gasteiger partial charge in [-0.15, -0.1) is 0 Å². The standard InChI is InChI=1S/C19H20ClN3O2/c1-14-16(20)8-5-9-17(14)23-13-22(12-19(23)25)18(24)11-21-10-15-6-3-2-4-7-15/h2-9,21H,10-13H2,1H3. The number of halogens is 1. The molecule has 1 aliphatic heterocycles. The van der Waals surface area contributed by atoms with Crippen molar-refractivity contribution in [2.75, 3.05) is 24.7 Å². The van der Waals surface area contributed by atoms with Crippen LogP contribution in [0.3, 0.4) is 0 Å². The van der Waals surface area contributed by atoms with Crippen LogP contribution in [0.1, 0.15) is 11.1 Å². The van der Waals surface area contributed by atoms with Crippen molar-refractivity contribution in [2.45, 2.75) is 13.5 Å². The first-order valence-electron chi connectivity index (χ1n) is 8.14. The number of carbonyl (C=O) groups is 2. The normalized spacial score (nSPS) is 14.2. The second-order valence-electron chi connectivity index (χ2n) is 6.03. The summed E-state index contributed by atoms with van der Waals surface area (Å²) >= 11 is 6.14. The minimum atomic E-state index is -0.0956. The molecule has 0 bridgehead atoms. The molecule has 6 heteroatoms. The Labute approximate surface area is 152 Å². The van der Waals surface area contributed by atoms with E-state index in [-0.39, 0.29) is 31.6 Å². The molecule has 2 amide bonds. The number of anilines is 1. The minimum Gasteiger partial charge on any atom is -0.314 e. The van der Waals surface area contributed by atoms with E-state index < -0.39 is 0 Å². The van der Waals surface area contributed by atoms with Gasteiger partial charge in [-0.2, -0.15) is 0 Å². The average Bonchev–Trinajstić information content (AvgIpc) is 3.00. The SMILES string of the molecule is Cc1c(Cl)cccc1N1CN(C(=O)CNCc2ccccc2)CC1=O. The van der Waals surface area contributed by atoms with Crippen LogP contribution in [0, 0.1) is 6.92 Å². The molecule has 25 heavy (non-hydrogen) atoms. The molecule has 1 saturated heterocycles. The Balaban J connectivity index is 1.58. The second-order valence-corrected chi connectivity index (χ2v) is 6.44. The van der Waals surface area contributed by atoms with E-state index in [1.165, 1.54) is 0 Å². The van der Waals surface area contributed by atoms with E-state index in [0.717, 1.165) is 16.8 Å². The van der Waals surface area contributed by atoms with Gasteiger partial charge >= 0.3 is 0 Å². The summed E-state index contributed by atoms with van der Waals surface area (Å²) in [4.78, 5) is 27.8. The van der Waals surface area contributed by atoms with Gasteiger partial charge in [0.2, 0.25) is 11.8 Å². The smallest absolute Gasteiger partial charge is 0.248 e. The number of amides is 2. The Morgan fingerprint density at radius 1 is 1.16 bits per heavy atom. The van der Waals surface area contributed by atoms with Gasteiger partial charge in [0.15, 0.2) is 0 Å². The first kappa shape index (κ1) is 17.5. The molecular weight excluding hydrogens is 338 g/mol. The van der Waals surface area contributed by atoms with Gasteiger partial charge in [-0.1, -0.05) is 48.0 Å². The lowest BCUT2D eigenvalue weighted by Gasteiger charge is -2.20. The first-order chi connectivity index (χ1) is 12.1. The highest BCUT2D eigenvalue weighted by molar-refractivity contribution is 6.31. The summed E-state index contributed by atoms with van der Waals surface area (Å²) in [6.45, 7) is 3.04. The molecule has 1 fully saturated rings. The fourth-order valence-corrected chi connectivity index (χ4v) is 3.01. The van der Waals surface area contributed by atoms with Crippen LogP contribution in [-0.2, 0) is 16.1 Å². The fourth-order valence-electron chi connectivity index (χ4n) is 2.84. The third-order valence-electron chi connectivity index (χ3n) is 4.27. The number of carbonyl (C=O) groups excluding carboxylic acids is 2. The van der Waals surface area contributed by atoms with Crippen molar-refractivity contribution in [1.29, 1.82) is 0 Å². The number of nitrogens with zero attached hydrogens (tertiary/aromatic N) is 2. The Bertz CT molecular complexity index is 779. The van der Waals surface area contributed by atoms with E-state index >= 15 is 0 Å². The predicted octanol–water partition coefficient (Wildman–Crippen LogP) is 2.57. The molecule has 0 saturated carbocycles. The lowest BCUT2D eigenvalue weighted by molar-refractivity contribution is -0.130. The van der Waals surface area contributed by atoms with Crippen molar-refractivity contribution in [3.63, 3.8) is 0 Å². The van der Waals surface area contributed by atoms with Crippen molar-refractivity contribution in [2.24, 2.45) is 0 Å². The molecule has 130 valence electrons. The molecule has 0 unspecified atom stereocenters. The Morgan fingerprint density at radius 3 is 2.68 bits per heavy atom. The number of hydrogen-bond donors (Lipinski definition) is 1. The summed E-state index contributed by atoms with van der Waals surface area (Å²) in [7, 11) is 0. The van der Waals surface area contributed by atoms with Crippen LogP contribution < -0.4 is 10.2 Å². The van der Waals surface area contributed by atoms with Crippen molar-refractivity contribution in [3.8, 4) is 0 Å². The van der Waals surface area contributed by atoms with Gasteiger partial charge in [-0.3, -0.25) is 14.5 Å². The fraction of sp³-hybridized carbons (Fsp3) is 0.263. The highest BCUT2D eigenvalue weighted by Crippen LogP contribution is 2.28. The van der Waals surface area contributed by atoms with Crippen molar-refractivity contribution >= 4 is 29.1 Å². The highest BCUT2D eigenvalue weighted by atomic mass is 35.5. The van der Waals surface area contributed by atoms with Crippen molar-refractivity contribution < 1.29 is 9.59 Å². The van der Waals surface area contributed by atoms with Crippen LogP contribution in [0.5, 0.6) is 0 Å². The van der Waals surface area contributed by atoms with E-state index in [4.69, 9.17) is 11.6 Å². The van der Waals surface area contributed by atoms with E-state index in [1.807, 2.05) is 49.4 Å². The molecule has 3 rings (SSSR count). The molecule has 2 aromatic carbocycles. The predicted molar refractivity (Wildman–Crippen MR) is 98.4 cm³/mol. The zero-order chi connectivity index (χ0) is 17.8. The van der Waals surface area contributed by atoms with Crippen LogP contribution in [-0.4, -0.2) is 36.5 Å². The van der Waals surface area contributed by atoms with Crippen LogP contribution in [0.15, 0.2) is 48.5 Å². The van der Waals surface area contributed by atoms with Gasteiger partial charge in [0.25, 0.3) is 0 Å². The molecule has 0 radical (unpaired) electrons. The minimum absolute atomic E-state index is 0.0912. The third-order valence-corrected chi connectivity index (χ3v) is 4.68. The van der Waals surface area contributed by atoms with E-state index in [2.05, 4.69) is 5.32 Å². The number of nitrogens with one attached hydrogen (secondary N) is 1. The summed E-state index contributed by atoms with van der Waals surface area (Å²) in [5.41, 5.74) is 2.71. The molecular formula is C19H20ClN3O2. The quantitative estimate of drug-likeness (QED) is 0.894. The molecule has 0 atom stereocenters. The van der Waals surface area contributed by atoms with Gasteiger partial charge in [0.1, 0.15) is 13.2 Å². The van der Waals surface area contributed by atoms with Crippen molar-refractivity contribution in [3.05, 3.63) is 64.7 Å². The zero-order valence-electron chi connectivity index (χ0n) is 14.0. The zero-order valence-corrected chi connectivity index (χ0v) is 14.8. The molecule has 0 aromatic heterocycles. The Kier molecular flexibility index (Phi) is 5.36. The molecule has 5 nitrogen and oxygen atoms in total. The molecule has 0 spiro atoms. The number of hydrogen-bond acceptors (Lipinski definition) is 3. The molecule has 0 aliphatic carbocycles. The first-order valence-corrected chi connectivity index (χ1v) is 8.52. The largest absolute Gasteiger partial charge is 0.314 e. The molecule has 1 heterocycles. The van der Waals surface area contributed by atoms with Gasteiger partial charge < -0.3 is 10.2 Å². The topological polar surface area (TPSA) is 52.6 Å². The van der Waals surface area contributed by atoms with Gasteiger partial charge in [0.05, 0.1) is 6.54 Å². The van der Waals surface area contributed by atoms with Crippen LogP contribution >= 0.6 is 11.6 Å². The maximum Gasteiger partial charge on any atom is 0.248 e. The lowest BCUT2D eigenvalue weighted by atomic mass is 10.2. The van der Waals surface area contributed by atoms with E-state index in [0.29, 0.717) is 11.6 Å². The number of benzene rings is 2. The summed E-state index contributed by atoms with van der Waals surface area (Å²) in [6.07, 6.45) is 0. The van der Waals surface area contributed by atoms with Gasteiger partial charge in [-0.05, 0) is 30.2 Å². The summed E-state index contributed by atoms with van der Waals surface area (Å²) < 4.78 is 0. The summed E-state index contributed by atoms with van der Waals surface area (Å²) in [6, 6.07) is 15.3. The monoisotopic (exact) mass is 357 g/mol. The van der Waals surface area contributed by atoms with E-state index in [9.17, 15) is 9.59 Å². The third kappa shape index (κ3) is 4.00. The summed E-state index contributed by atoms with van der Waals surface area (Å²) in [5, 5.41) is 3.74. The van der Waals surface area contributed by atoms with E-state index in [1.54, 1.807) is 15.9 Å². The van der Waals surface area contributed by atoms with Gasteiger partial charge in [0, 0.05) is 17.3 Å². The van der Waals surface area contributed by atoms with Crippen LogP contribution in [0.4, 0.5) is 5.69 Å².